The van der Waals surface area contributed by atoms with Gasteiger partial charge in [-0.2, -0.15) is 0 Å². The van der Waals surface area contributed by atoms with Crippen molar-refractivity contribution in [2.75, 3.05) is 10.5 Å². The summed E-state index contributed by atoms with van der Waals surface area (Å²) < 4.78 is 26.6. The van der Waals surface area contributed by atoms with Crippen molar-refractivity contribution < 1.29 is 23.4 Å². The Kier molecular flexibility index (Phi) is 4.72. The minimum absolute atomic E-state index is 0.0639. The first kappa shape index (κ1) is 15.6. The molecule has 1 aromatic carbocycles. The standard InChI is InChI=1S/C14H19NO5S/c16-13-8-11(6-7-12(13)14(17)18)15-21(19,20)9-10-4-2-1-3-5-10/h6-8,10,15-16H,1-5,9H2,(H,17,18). The molecule has 0 bridgehead atoms. The summed E-state index contributed by atoms with van der Waals surface area (Å²) in [4.78, 5) is 10.8. The van der Waals surface area contributed by atoms with Crippen LogP contribution in [0.3, 0.4) is 0 Å². The van der Waals surface area contributed by atoms with Crippen LogP contribution in [0.2, 0.25) is 0 Å². The molecule has 1 fully saturated rings. The molecule has 0 aliphatic heterocycles. The minimum Gasteiger partial charge on any atom is -0.507 e. The number of carboxylic acids is 1. The molecular formula is C14H19NO5S. The predicted molar refractivity (Wildman–Crippen MR) is 79.1 cm³/mol. The van der Waals surface area contributed by atoms with E-state index in [0.29, 0.717) is 0 Å². The number of sulfonamides is 1. The largest absolute Gasteiger partial charge is 0.507 e. The highest BCUT2D eigenvalue weighted by Gasteiger charge is 2.21. The summed E-state index contributed by atoms with van der Waals surface area (Å²) in [5, 5.41) is 18.4. The van der Waals surface area contributed by atoms with Crippen LogP contribution in [0.15, 0.2) is 18.2 Å². The number of anilines is 1. The third-order valence-electron chi connectivity index (χ3n) is 3.68. The summed E-state index contributed by atoms with van der Waals surface area (Å²) in [6.07, 6.45) is 5.13. The van der Waals surface area contributed by atoms with Gasteiger partial charge in [0.05, 0.1) is 11.4 Å². The van der Waals surface area contributed by atoms with Gasteiger partial charge in [0.2, 0.25) is 10.0 Å². The Morgan fingerprint density at radius 1 is 1.24 bits per heavy atom. The second-order valence-electron chi connectivity index (χ2n) is 5.42. The monoisotopic (exact) mass is 313 g/mol. The fourth-order valence-corrected chi connectivity index (χ4v) is 4.18. The van der Waals surface area contributed by atoms with E-state index in [1.807, 2.05) is 0 Å². The molecule has 1 aliphatic rings. The number of aromatic carboxylic acids is 1. The first-order chi connectivity index (χ1) is 9.87. The van der Waals surface area contributed by atoms with Gasteiger partial charge in [0.25, 0.3) is 0 Å². The number of nitrogens with one attached hydrogen (secondary N) is 1. The first-order valence-electron chi connectivity index (χ1n) is 6.94. The van der Waals surface area contributed by atoms with Crippen LogP contribution < -0.4 is 4.72 Å². The van der Waals surface area contributed by atoms with Gasteiger partial charge in [0, 0.05) is 6.07 Å². The van der Waals surface area contributed by atoms with E-state index in [1.165, 1.54) is 12.1 Å². The van der Waals surface area contributed by atoms with Crippen molar-refractivity contribution in [3.8, 4) is 5.75 Å². The number of aromatic hydroxyl groups is 1. The normalized spacial score (nSPS) is 16.6. The Labute approximate surface area is 123 Å². The van der Waals surface area contributed by atoms with Crippen molar-refractivity contribution in [2.24, 2.45) is 5.92 Å². The number of phenols is 1. The number of hydrogen-bond donors (Lipinski definition) is 3. The molecule has 0 aromatic heterocycles. The zero-order chi connectivity index (χ0) is 15.5. The summed E-state index contributed by atoms with van der Waals surface area (Å²) >= 11 is 0. The van der Waals surface area contributed by atoms with E-state index in [0.717, 1.165) is 38.2 Å². The molecule has 0 spiro atoms. The lowest BCUT2D eigenvalue weighted by Gasteiger charge is -2.21. The van der Waals surface area contributed by atoms with Gasteiger partial charge in [-0.05, 0) is 30.9 Å². The predicted octanol–water partition coefficient (Wildman–Crippen LogP) is 2.41. The molecular weight excluding hydrogens is 294 g/mol. The van der Waals surface area contributed by atoms with Crippen LogP contribution in [0.25, 0.3) is 0 Å². The Balaban J connectivity index is 2.05. The molecule has 0 unspecified atom stereocenters. The Hall–Kier alpha value is -1.76. The fraction of sp³-hybridized carbons (Fsp3) is 0.500. The van der Waals surface area contributed by atoms with Gasteiger partial charge in [-0.3, -0.25) is 4.72 Å². The van der Waals surface area contributed by atoms with Crippen molar-refractivity contribution in [3.63, 3.8) is 0 Å². The highest BCUT2D eigenvalue weighted by Crippen LogP contribution is 2.27. The van der Waals surface area contributed by atoms with Crippen molar-refractivity contribution in [1.82, 2.24) is 0 Å². The van der Waals surface area contributed by atoms with Crippen LogP contribution in [0.5, 0.6) is 5.75 Å². The molecule has 0 saturated heterocycles. The zero-order valence-electron chi connectivity index (χ0n) is 11.6. The SMILES string of the molecule is O=C(O)c1ccc(NS(=O)(=O)CC2CCCCC2)cc1O. The smallest absolute Gasteiger partial charge is 0.339 e. The second-order valence-corrected chi connectivity index (χ2v) is 7.19. The first-order valence-corrected chi connectivity index (χ1v) is 8.59. The van der Waals surface area contributed by atoms with E-state index in [-0.39, 0.29) is 22.9 Å². The van der Waals surface area contributed by atoms with Crippen LogP contribution in [-0.4, -0.2) is 30.4 Å². The molecule has 116 valence electrons. The molecule has 21 heavy (non-hydrogen) atoms. The number of rotatable bonds is 5. The summed E-state index contributed by atoms with van der Waals surface area (Å²) in [5.74, 6) is -1.48. The van der Waals surface area contributed by atoms with Crippen LogP contribution in [0, 0.1) is 5.92 Å². The molecule has 0 radical (unpaired) electrons. The van der Waals surface area contributed by atoms with E-state index in [2.05, 4.69) is 4.72 Å². The third-order valence-corrected chi connectivity index (χ3v) is 5.14. The van der Waals surface area contributed by atoms with Crippen LogP contribution >= 0.6 is 0 Å². The maximum absolute atomic E-state index is 12.1. The fourth-order valence-electron chi connectivity index (χ4n) is 2.66. The van der Waals surface area contributed by atoms with Crippen molar-refractivity contribution in [3.05, 3.63) is 23.8 Å². The lowest BCUT2D eigenvalue weighted by molar-refractivity contribution is 0.0694. The summed E-state index contributed by atoms with van der Waals surface area (Å²) in [6.45, 7) is 0. The van der Waals surface area contributed by atoms with Gasteiger partial charge in [-0.15, -0.1) is 0 Å². The highest BCUT2D eigenvalue weighted by molar-refractivity contribution is 7.92. The summed E-state index contributed by atoms with van der Waals surface area (Å²) in [7, 11) is -3.49. The van der Waals surface area contributed by atoms with E-state index in [1.54, 1.807) is 0 Å². The lowest BCUT2D eigenvalue weighted by Crippen LogP contribution is -2.24. The maximum atomic E-state index is 12.1. The Morgan fingerprint density at radius 3 is 2.48 bits per heavy atom. The van der Waals surface area contributed by atoms with Gasteiger partial charge in [0.1, 0.15) is 11.3 Å². The molecule has 1 saturated carbocycles. The van der Waals surface area contributed by atoms with E-state index in [4.69, 9.17) is 5.11 Å². The van der Waals surface area contributed by atoms with Crippen molar-refractivity contribution >= 4 is 21.7 Å². The molecule has 7 heteroatoms. The van der Waals surface area contributed by atoms with Crippen LogP contribution in [-0.2, 0) is 10.0 Å². The van der Waals surface area contributed by atoms with Gasteiger partial charge in [-0.1, -0.05) is 19.3 Å². The lowest BCUT2D eigenvalue weighted by atomic mass is 9.91. The molecule has 0 amide bonds. The van der Waals surface area contributed by atoms with Crippen LogP contribution in [0.1, 0.15) is 42.5 Å². The number of benzene rings is 1. The van der Waals surface area contributed by atoms with Crippen molar-refractivity contribution in [1.29, 1.82) is 0 Å². The second kappa shape index (κ2) is 6.34. The van der Waals surface area contributed by atoms with Crippen molar-refractivity contribution in [2.45, 2.75) is 32.1 Å². The molecule has 0 heterocycles. The zero-order valence-corrected chi connectivity index (χ0v) is 12.4. The average Bonchev–Trinajstić information content (AvgIpc) is 2.38. The van der Waals surface area contributed by atoms with Gasteiger partial charge >= 0.3 is 5.97 Å². The Morgan fingerprint density at radius 2 is 1.90 bits per heavy atom. The summed E-state index contributed by atoms with van der Waals surface area (Å²) in [6, 6.07) is 3.62. The quantitative estimate of drug-likeness (QED) is 0.774. The van der Waals surface area contributed by atoms with Gasteiger partial charge < -0.3 is 10.2 Å². The average molecular weight is 313 g/mol. The van der Waals surface area contributed by atoms with Gasteiger partial charge in [0.15, 0.2) is 0 Å². The molecule has 6 nitrogen and oxygen atoms in total. The highest BCUT2D eigenvalue weighted by atomic mass is 32.2. The van der Waals surface area contributed by atoms with Gasteiger partial charge in [-0.25, -0.2) is 13.2 Å². The maximum Gasteiger partial charge on any atom is 0.339 e. The third kappa shape index (κ3) is 4.35. The number of carboxylic acid groups (broad SMARTS) is 1. The summed E-state index contributed by atoms with van der Waals surface area (Å²) in [5.41, 5.74) is -0.0847. The molecule has 3 N–H and O–H groups in total. The van der Waals surface area contributed by atoms with E-state index in [9.17, 15) is 18.3 Å². The molecule has 0 atom stereocenters. The Bertz CT molecular complexity index is 620. The molecule has 1 aromatic rings. The topological polar surface area (TPSA) is 104 Å². The number of carbonyl (C=O) groups is 1. The molecule has 1 aliphatic carbocycles. The molecule has 2 rings (SSSR count). The number of hydrogen-bond acceptors (Lipinski definition) is 4. The van der Waals surface area contributed by atoms with E-state index >= 15 is 0 Å². The van der Waals surface area contributed by atoms with E-state index < -0.39 is 21.7 Å². The minimum atomic E-state index is -3.49. The van der Waals surface area contributed by atoms with Crippen LogP contribution in [0.4, 0.5) is 5.69 Å².